The Morgan fingerprint density at radius 1 is 1.33 bits per heavy atom. The second-order valence-corrected chi connectivity index (χ2v) is 4.64. The van der Waals surface area contributed by atoms with Crippen LogP contribution in [0.3, 0.4) is 0 Å². The molecule has 1 rings (SSSR count). The number of nitrogens with zero attached hydrogens (tertiary/aromatic N) is 1. The molecule has 1 aromatic rings. The van der Waals surface area contributed by atoms with Crippen molar-refractivity contribution in [2.24, 2.45) is 0 Å². The topological polar surface area (TPSA) is 88.4 Å². The molecule has 0 heterocycles. The minimum absolute atomic E-state index is 0.0418. The number of nitriles is 1. The average molecular weight is 290 g/mol. The smallest absolute Gasteiger partial charge is 0.331 e. The van der Waals surface area contributed by atoms with Crippen LogP contribution in [0.25, 0.3) is 0 Å². The van der Waals surface area contributed by atoms with Gasteiger partial charge in [0.05, 0.1) is 18.7 Å². The molecule has 0 fully saturated rings. The van der Waals surface area contributed by atoms with Crippen molar-refractivity contribution in [1.82, 2.24) is 5.32 Å². The molecule has 0 aromatic heterocycles. The van der Waals surface area contributed by atoms with Crippen molar-refractivity contribution >= 4 is 11.9 Å². The summed E-state index contributed by atoms with van der Waals surface area (Å²) in [5.74, 6) is -0.329. The van der Waals surface area contributed by atoms with Gasteiger partial charge in [-0.25, -0.2) is 4.79 Å². The highest BCUT2D eigenvalue weighted by molar-refractivity contribution is 5.83. The molecular formula is C15H18N2O4. The third-order valence-corrected chi connectivity index (χ3v) is 2.85. The number of rotatable bonds is 5. The normalized spacial score (nSPS) is 11.2. The molecule has 0 saturated heterocycles. The van der Waals surface area contributed by atoms with Crippen molar-refractivity contribution in [2.75, 3.05) is 13.7 Å². The van der Waals surface area contributed by atoms with E-state index in [2.05, 4.69) is 16.1 Å². The molecule has 1 atom stereocenters. The molecule has 1 unspecified atom stereocenters. The van der Waals surface area contributed by atoms with E-state index in [4.69, 9.17) is 10.00 Å². The maximum absolute atomic E-state index is 11.6. The molecule has 6 nitrogen and oxygen atoms in total. The lowest BCUT2D eigenvalue weighted by Gasteiger charge is -2.18. The largest absolute Gasteiger partial charge is 0.490 e. The van der Waals surface area contributed by atoms with Crippen LogP contribution in [0.1, 0.15) is 23.6 Å². The highest BCUT2D eigenvalue weighted by Gasteiger charge is 2.21. The van der Waals surface area contributed by atoms with Crippen LogP contribution >= 0.6 is 0 Å². The van der Waals surface area contributed by atoms with Gasteiger partial charge in [0.2, 0.25) is 5.91 Å². The third kappa shape index (κ3) is 4.49. The van der Waals surface area contributed by atoms with E-state index in [1.165, 1.54) is 14.0 Å². The molecule has 21 heavy (non-hydrogen) atoms. The number of carbonyl (C=O) groups is 2. The van der Waals surface area contributed by atoms with E-state index in [1.54, 1.807) is 12.1 Å². The van der Waals surface area contributed by atoms with Gasteiger partial charge in [0.1, 0.15) is 12.4 Å². The molecule has 0 aliphatic rings. The van der Waals surface area contributed by atoms with Crippen LogP contribution in [0.2, 0.25) is 0 Å². The summed E-state index contributed by atoms with van der Waals surface area (Å²) in [7, 11) is 1.25. The van der Waals surface area contributed by atoms with Gasteiger partial charge in [0, 0.05) is 6.92 Å². The van der Waals surface area contributed by atoms with Gasteiger partial charge in [-0.15, -0.1) is 0 Å². The lowest BCUT2D eigenvalue weighted by Crippen LogP contribution is -2.44. The first-order chi connectivity index (χ1) is 9.88. The Bertz CT molecular complexity index is 567. The van der Waals surface area contributed by atoms with E-state index in [-0.39, 0.29) is 12.5 Å². The van der Waals surface area contributed by atoms with Crippen LogP contribution < -0.4 is 10.1 Å². The monoisotopic (exact) mass is 290 g/mol. The summed E-state index contributed by atoms with van der Waals surface area (Å²) in [6, 6.07) is 4.60. The first-order valence-electron chi connectivity index (χ1n) is 6.38. The van der Waals surface area contributed by atoms with Crippen LogP contribution in [0.15, 0.2) is 12.1 Å². The zero-order valence-electron chi connectivity index (χ0n) is 12.5. The molecule has 6 heteroatoms. The highest BCUT2D eigenvalue weighted by Crippen LogP contribution is 2.24. The van der Waals surface area contributed by atoms with Gasteiger partial charge in [0.15, 0.2) is 6.04 Å². The number of hydrogen-bond donors (Lipinski definition) is 1. The summed E-state index contributed by atoms with van der Waals surface area (Å²) < 4.78 is 10.3. The quantitative estimate of drug-likeness (QED) is 0.824. The van der Waals surface area contributed by atoms with E-state index in [0.29, 0.717) is 11.3 Å². The Morgan fingerprint density at radius 2 is 1.90 bits per heavy atom. The minimum atomic E-state index is -0.873. The second kappa shape index (κ2) is 7.29. The summed E-state index contributed by atoms with van der Waals surface area (Å²) in [6.45, 7) is 4.90. The van der Waals surface area contributed by atoms with E-state index in [0.717, 1.165) is 11.1 Å². The summed E-state index contributed by atoms with van der Waals surface area (Å²) in [5, 5.41) is 11.4. The maximum atomic E-state index is 11.6. The number of nitrogens with one attached hydrogen (secondary N) is 1. The van der Waals surface area contributed by atoms with Crippen molar-refractivity contribution in [1.29, 1.82) is 5.26 Å². The van der Waals surface area contributed by atoms with E-state index >= 15 is 0 Å². The summed E-state index contributed by atoms with van der Waals surface area (Å²) in [4.78, 5) is 22.7. The number of aryl methyl sites for hydroxylation is 2. The first-order valence-corrected chi connectivity index (χ1v) is 6.38. The fourth-order valence-corrected chi connectivity index (χ4v) is 1.97. The maximum Gasteiger partial charge on any atom is 0.331 e. The van der Waals surface area contributed by atoms with E-state index in [9.17, 15) is 9.59 Å². The van der Waals surface area contributed by atoms with Gasteiger partial charge < -0.3 is 14.8 Å². The number of amides is 1. The lowest BCUT2D eigenvalue weighted by atomic mass is 10.1. The van der Waals surface area contributed by atoms with Gasteiger partial charge >= 0.3 is 5.97 Å². The molecule has 112 valence electrons. The van der Waals surface area contributed by atoms with E-state index < -0.39 is 12.0 Å². The number of ether oxygens (including phenoxy) is 2. The molecule has 1 aromatic carbocycles. The summed E-state index contributed by atoms with van der Waals surface area (Å²) >= 11 is 0. The van der Waals surface area contributed by atoms with Gasteiger partial charge in [-0.2, -0.15) is 5.26 Å². The molecule has 0 bridgehead atoms. The number of carbonyl (C=O) groups excluding carboxylic acids is 2. The summed E-state index contributed by atoms with van der Waals surface area (Å²) in [5.41, 5.74) is 2.12. The molecule has 0 spiro atoms. The molecule has 0 aliphatic heterocycles. The molecular weight excluding hydrogens is 272 g/mol. The molecule has 0 radical (unpaired) electrons. The van der Waals surface area contributed by atoms with Gasteiger partial charge in [-0.05, 0) is 37.1 Å². The van der Waals surface area contributed by atoms with Crippen molar-refractivity contribution < 1.29 is 19.1 Å². The van der Waals surface area contributed by atoms with Crippen LogP contribution in [0.5, 0.6) is 5.75 Å². The van der Waals surface area contributed by atoms with Crippen molar-refractivity contribution in [3.63, 3.8) is 0 Å². The highest BCUT2D eigenvalue weighted by atomic mass is 16.5. The van der Waals surface area contributed by atoms with Crippen LogP contribution in [-0.4, -0.2) is 31.6 Å². The van der Waals surface area contributed by atoms with Crippen molar-refractivity contribution in [3.8, 4) is 11.8 Å². The van der Waals surface area contributed by atoms with E-state index in [1.807, 2.05) is 13.8 Å². The SMILES string of the molecule is COC(=O)C(COc1c(C)cc(C#N)cc1C)NC(C)=O. The van der Waals surface area contributed by atoms with Gasteiger partial charge in [0.25, 0.3) is 0 Å². The Hall–Kier alpha value is -2.55. The lowest BCUT2D eigenvalue weighted by molar-refractivity contribution is -0.145. The molecule has 1 N–H and O–H groups in total. The zero-order chi connectivity index (χ0) is 16.0. The Morgan fingerprint density at radius 3 is 2.33 bits per heavy atom. The average Bonchev–Trinajstić information content (AvgIpc) is 2.43. The zero-order valence-corrected chi connectivity index (χ0v) is 12.5. The summed E-state index contributed by atoms with van der Waals surface area (Å²) in [6.07, 6.45) is 0. The fraction of sp³-hybridized carbons (Fsp3) is 0.400. The molecule has 0 aliphatic carbocycles. The number of hydrogen-bond acceptors (Lipinski definition) is 5. The predicted molar refractivity (Wildman–Crippen MR) is 75.7 cm³/mol. The number of benzene rings is 1. The van der Waals surface area contributed by atoms with Crippen LogP contribution in [0, 0.1) is 25.2 Å². The predicted octanol–water partition coefficient (Wildman–Crippen LogP) is 1.23. The third-order valence-electron chi connectivity index (χ3n) is 2.85. The second-order valence-electron chi connectivity index (χ2n) is 4.64. The number of methoxy groups -OCH3 is 1. The standard InChI is InChI=1S/C15H18N2O4/c1-9-5-12(7-16)6-10(2)14(9)21-8-13(15(19)20-4)17-11(3)18/h5-6,13H,8H2,1-4H3,(H,17,18). The Labute approximate surface area is 123 Å². The van der Waals surface area contributed by atoms with Crippen LogP contribution in [0.4, 0.5) is 0 Å². The van der Waals surface area contributed by atoms with Crippen LogP contribution in [-0.2, 0) is 14.3 Å². The number of esters is 1. The Kier molecular flexibility index (Phi) is 5.73. The van der Waals surface area contributed by atoms with Crippen molar-refractivity contribution in [3.05, 3.63) is 28.8 Å². The molecule has 0 saturated carbocycles. The van der Waals surface area contributed by atoms with Gasteiger partial charge in [-0.3, -0.25) is 4.79 Å². The first kappa shape index (κ1) is 16.5. The molecule has 1 amide bonds. The Balaban J connectivity index is 2.88. The fourth-order valence-electron chi connectivity index (χ4n) is 1.97. The minimum Gasteiger partial charge on any atom is -0.490 e. The van der Waals surface area contributed by atoms with Crippen molar-refractivity contribution in [2.45, 2.75) is 26.8 Å². The van der Waals surface area contributed by atoms with Gasteiger partial charge in [-0.1, -0.05) is 0 Å².